The zero-order chi connectivity index (χ0) is 15.1. The number of hydrogen-bond acceptors (Lipinski definition) is 3. The Morgan fingerprint density at radius 1 is 1.30 bits per heavy atom. The van der Waals surface area contributed by atoms with Crippen molar-refractivity contribution in [3.05, 3.63) is 72.2 Å². The number of nitrogens with one attached hydrogen (secondary N) is 3. The molecule has 0 fully saturated rings. The average molecular weight is 273 g/mol. The van der Waals surface area contributed by atoms with Crippen molar-refractivity contribution in [3.63, 3.8) is 0 Å². The van der Waals surface area contributed by atoms with Gasteiger partial charge in [-0.2, -0.15) is 4.39 Å². The Labute approximate surface area is 119 Å². The molecule has 1 aliphatic rings. The Balaban J connectivity index is 2.92. The van der Waals surface area contributed by atoms with Crippen molar-refractivity contribution < 1.29 is 4.39 Å². The van der Waals surface area contributed by atoms with Crippen molar-refractivity contribution in [3.8, 4) is 0 Å². The molecule has 20 heavy (non-hydrogen) atoms. The summed E-state index contributed by atoms with van der Waals surface area (Å²) < 4.78 is 14.3. The summed E-state index contributed by atoms with van der Waals surface area (Å²) in [6, 6.07) is 0. The largest absolute Gasteiger partial charge is 0.351 e. The van der Waals surface area contributed by atoms with Gasteiger partial charge in [-0.15, -0.1) is 0 Å². The molecule has 1 aliphatic carbocycles. The molecule has 0 spiro atoms. The van der Waals surface area contributed by atoms with Crippen molar-refractivity contribution in [2.24, 2.45) is 0 Å². The van der Waals surface area contributed by atoms with E-state index in [2.05, 4.69) is 23.8 Å². The lowest BCUT2D eigenvalue weighted by atomic mass is 10.2. The molecule has 0 amide bonds. The van der Waals surface area contributed by atoms with Gasteiger partial charge in [0.25, 0.3) is 0 Å². The van der Waals surface area contributed by atoms with E-state index in [0.717, 1.165) is 6.42 Å². The molecule has 3 N–H and O–H groups in total. The monoisotopic (exact) mass is 273 g/mol. The van der Waals surface area contributed by atoms with Crippen LogP contribution in [-0.2, 0) is 0 Å². The van der Waals surface area contributed by atoms with Crippen LogP contribution in [0.25, 0.3) is 0 Å². The molecule has 0 saturated carbocycles. The molecule has 0 aromatic rings. The van der Waals surface area contributed by atoms with Crippen LogP contribution in [-0.4, -0.2) is 5.71 Å². The Kier molecular flexibility index (Phi) is 5.72. The number of allylic oxidation sites excluding steroid dienone is 7. The fourth-order valence-corrected chi connectivity index (χ4v) is 1.45. The highest BCUT2D eigenvalue weighted by Crippen LogP contribution is 2.14. The first-order valence-electron chi connectivity index (χ1n) is 6.29. The maximum absolute atomic E-state index is 14.3. The molecule has 0 radical (unpaired) electrons. The first kappa shape index (κ1) is 15.7. The lowest BCUT2D eigenvalue weighted by Gasteiger charge is -2.15. The van der Waals surface area contributed by atoms with E-state index in [-0.39, 0.29) is 11.4 Å². The quantitative estimate of drug-likeness (QED) is 0.391. The maximum Gasteiger partial charge on any atom is 0.215 e. The second-order valence-electron chi connectivity index (χ2n) is 4.51. The van der Waals surface area contributed by atoms with Crippen molar-refractivity contribution >= 4 is 5.71 Å². The van der Waals surface area contributed by atoms with Gasteiger partial charge in [-0.3, -0.25) is 0 Å². The van der Waals surface area contributed by atoms with E-state index < -0.39 is 5.95 Å². The van der Waals surface area contributed by atoms with E-state index in [1.165, 1.54) is 0 Å². The third kappa shape index (κ3) is 4.72. The first-order chi connectivity index (χ1) is 9.41. The topological polar surface area (TPSA) is 47.9 Å². The molecule has 0 aromatic carbocycles. The zero-order valence-electron chi connectivity index (χ0n) is 11.9. The van der Waals surface area contributed by atoms with E-state index in [1.54, 1.807) is 19.9 Å². The summed E-state index contributed by atoms with van der Waals surface area (Å²) in [5, 5.41) is 12.9. The molecule has 0 aromatic heterocycles. The van der Waals surface area contributed by atoms with Crippen LogP contribution in [0.2, 0.25) is 0 Å². The van der Waals surface area contributed by atoms with Gasteiger partial charge in [-0.1, -0.05) is 37.5 Å². The van der Waals surface area contributed by atoms with Gasteiger partial charge in [0, 0.05) is 5.70 Å². The van der Waals surface area contributed by atoms with Gasteiger partial charge < -0.3 is 16.0 Å². The van der Waals surface area contributed by atoms with Crippen LogP contribution in [0.5, 0.6) is 0 Å². The van der Waals surface area contributed by atoms with Crippen LogP contribution >= 0.6 is 0 Å². The Hall–Kier alpha value is -2.36. The molecule has 0 aliphatic heterocycles. The Bertz CT molecular complexity index is 548. The standard InChI is InChI=1S/C16H20FN3/c1-11(2)15(19-13(4)12(3)18)16(17)20-14-9-7-5-6-8-10-14/h5-7,9-10,18-20H,1,4,8H2,2-3H3/b16-15+,18-12?. The Morgan fingerprint density at radius 3 is 2.60 bits per heavy atom. The highest BCUT2D eigenvalue weighted by Gasteiger charge is 2.10. The molecule has 106 valence electrons. The smallest absolute Gasteiger partial charge is 0.215 e. The normalized spacial score (nSPS) is 14.8. The lowest BCUT2D eigenvalue weighted by molar-refractivity contribution is 0.560. The highest BCUT2D eigenvalue weighted by atomic mass is 19.1. The van der Waals surface area contributed by atoms with Crippen molar-refractivity contribution in [1.29, 1.82) is 5.41 Å². The molecule has 4 heteroatoms. The van der Waals surface area contributed by atoms with Gasteiger partial charge >= 0.3 is 0 Å². The van der Waals surface area contributed by atoms with Crippen LogP contribution < -0.4 is 10.6 Å². The minimum atomic E-state index is -0.544. The number of hydrogen-bond donors (Lipinski definition) is 3. The third-order valence-corrected chi connectivity index (χ3v) is 2.63. The summed E-state index contributed by atoms with van der Waals surface area (Å²) in [6.07, 6.45) is 10.1. The molecule has 3 nitrogen and oxygen atoms in total. The van der Waals surface area contributed by atoms with Crippen LogP contribution in [0.15, 0.2) is 72.2 Å². The SMILES string of the molecule is C=C(N/C(C(=C)C)=C(\F)NC1=CCC=CC=C1)C(C)=N. The summed E-state index contributed by atoms with van der Waals surface area (Å²) >= 11 is 0. The zero-order valence-corrected chi connectivity index (χ0v) is 11.9. The predicted molar refractivity (Wildman–Crippen MR) is 82.7 cm³/mol. The second-order valence-corrected chi connectivity index (χ2v) is 4.51. The van der Waals surface area contributed by atoms with Crippen LogP contribution in [0.4, 0.5) is 4.39 Å². The highest BCUT2D eigenvalue weighted by molar-refractivity contribution is 5.94. The fraction of sp³-hybridized carbons (Fsp3) is 0.188. The van der Waals surface area contributed by atoms with E-state index in [0.29, 0.717) is 17.0 Å². The van der Waals surface area contributed by atoms with Crippen molar-refractivity contribution in [1.82, 2.24) is 10.6 Å². The summed E-state index contributed by atoms with van der Waals surface area (Å²) in [5.41, 5.74) is 1.98. The van der Waals surface area contributed by atoms with Crippen molar-refractivity contribution in [2.45, 2.75) is 20.3 Å². The van der Waals surface area contributed by atoms with Gasteiger partial charge in [0.1, 0.15) is 0 Å². The van der Waals surface area contributed by atoms with Gasteiger partial charge in [-0.25, -0.2) is 0 Å². The van der Waals surface area contributed by atoms with E-state index in [4.69, 9.17) is 5.41 Å². The summed E-state index contributed by atoms with van der Waals surface area (Å²) in [4.78, 5) is 0. The van der Waals surface area contributed by atoms with E-state index in [1.807, 2.05) is 24.3 Å². The van der Waals surface area contributed by atoms with Gasteiger partial charge in [-0.05, 0) is 31.9 Å². The molecule has 0 bridgehead atoms. The van der Waals surface area contributed by atoms with Crippen LogP contribution in [0.1, 0.15) is 20.3 Å². The minimum Gasteiger partial charge on any atom is -0.351 e. The molecule has 0 atom stereocenters. The fourth-order valence-electron chi connectivity index (χ4n) is 1.45. The van der Waals surface area contributed by atoms with Gasteiger partial charge in [0.05, 0.1) is 17.1 Å². The van der Waals surface area contributed by atoms with Crippen LogP contribution in [0, 0.1) is 5.41 Å². The van der Waals surface area contributed by atoms with E-state index >= 15 is 0 Å². The summed E-state index contributed by atoms with van der Waals surface area (Å²) in [6.45, 7) is 10.7. The predicted octanol–water partition coefficient (Wildman–Crippen LogP) is 3.83. The summed E-state index contributed by atoms with van der Waals surface area (Å²) in [7, 11) is 0. The Morgan fingerprint density at radius 2 is 2.00 bits per heavy atom. The minimum absolute atomic E-state index is 0.202. The summed E-state index contributed by atoms with van der Waals surface area (Å²) in [5.74, 6) is -0.544. The third-order valence-electron chi connectivity index (χ3n) is 2.63. The first-order valence-corrected chi connectivity index (χ1v) is 6.29. The molecule has 1 rings (SSSR count). The number of rotatable bonds is 6. The maximum atomic E-state index is 14.3. The lowest BCUT2D eigenvalue weighted by Crippen LogP contribution is -2.22. The molecular formula is C16H20FN3. The second kappa shape index (κ2) is 7.28. The van der Waals surface area contributed by atoms with E-state index in [9.17, 15) is 4.39 Å². The van der Waals surface area contributed by atoms with Gasteiger partial charge in [0.2, 0.25) is 5.95 Å². The molecule has 0 heterocycles. The molecular weight excluding hydrogens is 253 g/mol. The average Bonchev–Trinajstić information content (AvgIpc) is 2.63. The molecule has 0 unspecified atom stereocenters. The van der Waals surface area contributed by atoms with Crippen molar-refractivity contribution in [2.75, 3.05) is 0 Å². The van der Waals surface area contributed by atoms with Crippen LogP contribution in [0.3, 0.4) is 0 Å². The molecule has 0 saturated heterocycles. The number of halogens is 1. The van der Waals surface area contributed by atoms with Gasteiger partial charge in [0.15, 0.2) is 0 Å².